The van der Waals surface area contributed by atoms with Crippen LogP contribution in [0.3, 0.4) is 0 Å². The zero-order valence-corrected chi connectivity index (χ0v) is 18.1. The average Bonchev–Trinajstić information content (AvgIpc) is 2.74. The number of urea groups is 2. The summed E-state index contributed by atoms with van der Waals surface area (Å²) in [7, 11) is 0. The van der Waals surface area contributed by atoms with Gasteiger partial charge in [-0.25, -0.2) is 9.59 Å². The lowest BCUT2D eigenvalue weighted by atomic mass is 9.81. The number of hydrogen-bond donors (Lipinski definition) is 4. The van der Waals surface area contributed by atoms with E-state index in [0.717, 1.165) is 25.7 Å². The van der Waals surface area contributed by atoms with Crippen LogP contribution in [0.25, 0.3) is 0 Å². The Bertz CT molecular complexity index is 808. The van der Waals surface area contributed by atoms with Gasteiger partial charge in [0, 0.05) is 13.1 Å². The number of carbonyl (C=O) groups excluding carboxylic acids is 2. The molecule has 0 aromatic heterocycles. The Morgan fingerprint density at radius 3 is 1.63 bits per heavy atom. The Morgan fingerprint density at radius 2 is 1.20 bits per heavy atom. The minimum absolute atomic E-state index is 0.262. The summed E-state index contributed by atoms with van der Waals surface area (Å²) in [4.78, 5) is 24.3. The molecular weight excluding hydrogens is 423 g/mol. The molecule has 6 nitrogen and oxygen atoms in total. The Kier molecular flexibility index (Phi) is 8.22. The van der Waals surface area contributed by atoms with Crippen LogP contribution in [0.2, 0.25) is 10.0 Å². The maximum Gasteiger partial charge on any atom is 0.319 e. The number of amides is 4. The first kappa shape index (κ1) is 22.2. The van der Waals surface area contributed by atoms with Crippen LogP contribution in [-0.2, 0) is 0 Å². The summed E-state index contributed by atoms with van der Waals surface area (Å²) in [6.45, 7) is 1.19. The van der Waals surface area contributed by atoms with Gasteiger partial charge in [-0.1, -0.05) is 53.9 Å². The van der Waals surface area contributed by atoms with Crippen molar-refractivity contribution in [3.63, 3.8) is 0 Å². The SMILES string of the molecule is O=C(NC[C@H]1CCC[C@H](CNC(=O)Nc2ccccc2Cl)C1)Nc1ccccc1Cl. The van der Waals surface area contributed by atoms with Crippen LogP contribution in [0.1, 0.15) is 25.7 Å². The predicted molar refractivity (Wildman–Crippen MR) is 122 cm³/mol. The van der Waals surface area contributed by atoms with E-state index in [1.165, 1.54) is 0 Å². The molecule has 3 rings (SSSR count). The summed E-state index contributed by atoms with van der Waals surface area (Å²) >= 11 is 12.1. The third-order valence-electron chi connectivity index (χ3n) is 5.24. The maximum absolute atomic E-state index is 12.1. The largest absolute Gasteiger partial charge is 0.338 e. The van der Waals surface area contributed by atoms with Gasteiger partial charge in [-0.2, -0.15) is 0 Å². The number of halogens is 2. The van der Waals surface area contributed by atoms with Crippen molar-refractivity contribution in [2.24, 2.45) is 11.8 Å². The van der Waals surface area contributed by atoms with E-state index >= 15 is 0 Å². The highest BCUT2D eigenvalue weighted by Gasteiger charge is 2.23. The van der Waals surface area contributed by atoms with Crippen LogP contribution in [0.4, 0.5) is 21.0 Å². The highest BCUT2D eigenvalue weighted by Crippen LogP contribution is 2.28. The average molecular weight is 449 g/mol. The molecule has 0 spiro atoms. The molecule has 30 heavy (non-hydrogen) atoms. The van der Waals surface area contributed by atoms with Crippen molar-refractivity contribution < 1.29 is 9.59 Å². The monoisotopic (exact) mass is 448 g/mol. The molecule has 160 valence electrons. The van der Waals surface area contributed by atoms with Crippen LogP contribution in [-0.4, -0.2) is 25.2 Å². The molecule has 0 bridgehead atoms. The van der Waals surface area contributed by atoms with Gasteiger partial charge in [0.05, 0.1) is 21.4 Å². The van der Waals surface area contributed by atoms with Gasteiger partial charge in [0.1, 0.15) is 0 Å². The summed E-state index contributed by atoms with van der Waals surface area (Å²) in [5, 5.41) is 12.4. The molecule has 0 aliphatic heterocycles. The molecule has 4 amide bonds. The lowest BCUT2D eigenvalue weighted by molar-refractivity contribution is 0.230. The smallest absolute Gasteiger partial charge is 0.319 e. The van der Waals surface area contributed by atoms with Gasteiger partial charge in [0.2, 0.25) is 0 Å². The number of carbonyl (C=O) groups is 2. The highest BCUT2D eigenvalue weighted by atomic mass is 35.5. The second-order valence-corrected chi connectivity index (χ2v) is 8.34. The standard InChI is InChI=1S/C22H26Cl2N4O2/c23-17-8-1-3-10-19(17)27-21(29)25-13-15-6-5-7-16(12-15)14-26-22(30)28-20-11-4-2-9-18(20)24/h1-4,8-11,15-16H,5-7,12-14H2,(H2,25,27,29)(H2,26,28,30)/t15-,16-/m0/s1. The van der Waals surface area contributed by atoms with Gasteiger partial charge in [-0.3, -0.25) is 0 Å². The molecule has 0 unspecified atom stereocenters. The quantitative estimate of drug-likeness (QED) is 0.453. The van der Waals surface area contributed by atoms with Gasteiger partial charge >= 0.3 is 12.1 Å². The first-order valence-corrected chi connectivity index (χ1v) is 10.9. The molecular formula is C22H26Cl2N4O2. The molecule has 8 heteroatoms. The summed E-state index contributed by atoms with van der Waals surface area (Å²) in [6.07, 6.45) is 4.17. The van der Waals surface area contributed by atoms with Crippen molar-refractivity contribution in [2.45, 2.75) is 25.7 Å². The number of para-hydroxylation sites is 2. The summed E-state index contributed by atoms with van der Waals surface area (Å²) < 4.78 is 0. The van der Waals surface area contributed by atoms with Crippen molar-refractivity contribution in [3.05, 3.63) is 58.6 Å². The number of anilines is 2. The maximum atomic E-state index is 12.1. The molecule has 1 aliphatic rings. The van der Waals surface area contributed by atoms with Gasteiger partial charge in [-0.05, 0) is 55.4 Å². The van der Waals surface area contributed by atoms with Crippen LogP contribution in [0.15, 0.2) is 48.5 Å². The molecule has 4 N–H and O–H groups in total. The fraction of sp³-hybridized carbons (Fsp3) is 0.364. The third kappa shape index (κ3) is 6.82. The lowest BCUT2D eigenvalue weighted by Crippen LogP contribution is -2.38. The summed E-state index contributed by atoms with van der Waals surface area (Å²) in [6, 6.07) is 13.7. The van der Waals surface area contributed by atoms with Crippen LogP contribution in [0.5, 0.6) is 0 Å². The van der Waals surface area contributed by atoms with Crippen molar-refractivity contribution in [3.8, 4) is 0 Å². The van der Waals surface area contributed by atoms with Gasteiger partial charge in [0.25, 0.3) is 0 Å². The third-order valence-corrected chi connectivity index (χ3v) is 5.90. The van der Waals surface area contributed by atoms with E-state index < -0.39 is 0 Å². The molecule has 2 aromatic rings. The van der Waals surface area contributed by atoms with Crippen molar-refractivity contribution in [2.75, 3.05) is 23.7 Å². The molecule has 1 aliphatic carbocycles. The Labute approximate surface area is 186 Å². The summed E-state index contributed by atoms with van der Waals surface area (Å²) in [5.41, 5.74) is 1.18. The Morgan fingerprint density at radius 1 is 0.767 bits per heavy atom. The van der Waals surface area contributed by atoms with E-state index in [1.54, 1.807) is 24.3 Å². The Balaban J connectivity index is 1.38. The van der Waals surface area contributed by atoms with Crippen LogP contribution >= 0.6 is 23.2 Å². The topological polar surface area (TPSA) is 82.3 Å². The second kappa shape index (κ2) is 11.1. The molecule has 2 aromatic carbocycles. The zero-order chi connectivity index (χ0) is 21.3. The molecule has 2 atom stereocenters. The number of rotatable bonds is 6. The van der Waals surface area contributed by atoms with Gasteiger partial charge in [0.15, 0.2) is 0 Å². The predicted octanol–water partition coefficient (Wildman–Crippen LogP) is 5.74. The van der Waals surface area contributed by atoms with Crippen molar-refractivity contribution in [1.82, 2.24) is 10.6 Å². The molecule has 0 radical (unpaired) electrons. The van der Waals surface area contributed by atoms with Crippen molar-refractivity contribution in [1.29, 1.82) is 0 Å². The number of benzene rings is 2. The number of nitrogens with one attached hydrogen (secondary N) is 4. The second-order valence-electron chi connectivity index (χ2n) is 7.53. The molecule has 0 heterocycles. The summed E-state index contributed by atoms with van der Waals surface area (Å²) in [5.74, 6) is 0.767. The highest BCUT2D eigenvalue weighted by molar-refractivity contribution is 6.34. The minimum atomic E-state index is -0.262. The number of hydrogen-bond acceptors (Lipinski definition) is 2. The first-order valence-electron chi connectivity index (χ1n) is 10.1. The van der Waals surface area contributed by atoms with Crippen LogP contribution in [0, 0.1) is 11.8 Å². The minimum Gasteiger partial charge on any atom is -0.338 e. The fourth-order valence-electron chi connectivity index (χ4n) is 3.71. The fourth-order valence-corrected chi connectivity index (χ4v) is 4.07. The molecule has 0 saturated heterocycles. The van der Waals surface area contributed by atoms with E-state index in [0.29, 0.717) is 46.3 Å². The normalized spacial score (nSPS) is 18.3. The molecule has 1 fully saturated rings. The lowest BCUT2D eigenvalue weighted by Gasteiger charge is -2.29. The van der Waals surface area contributed by atoms with Crippen molar-refractivity contribution >= 4 is 46.6 Å². The van der Waals surface area contributed by atoms with Gasteiger partial charge in [-0.15, -0.1) is 0 Å². The van der Waals surface area contributed by atoms with E-state index in [9.17, 15) is 9.59 Å². The van der Waals surface area contributed by atoms with E-state index in [4.69, 9.17) is 23.2 Å². The van der Waals surface area contributed by atoms with Gasteiger partial charge < -0.3 is 21.3 Å². The van der Waals surface area contributed by atoms with E-state index in [-0.39, 0.29) is 12.1 Å². The van der Waals surface area contributed by atoms with Crippen LogP contribution < -0.4 is 21.3 Å². The Hall–Kier alpha value is -2.44. The van der Waals surface area contributed by atoms with E-state index in [1.807, 2.05) is 24.3 Å². The molecule has 1 saturated carbocycles. The van der Waals surface area contributed by atoms with E-state index in [2.05, 4.69) is 21.3 Å². The zero-order valence-electron chi connectivity index (χ0n) is 16.6. The first-order chi connectivity index (χ1) is 14.5.